The second-order valence-corrected chi connectivity index (χ2v) is 6.68. The molecule has 0 atom stereocenters. The second-order valence-electron chi connectivity index (χ2n) is 5.82. The van der Waals surface area contributed by atoms with E-state index in [1.807, 2.05) is 17.5 Å². The zero-order valence-corrected chi connectivity index (χ0v) is 15.2. The van der Waals surface area contributed by atoms with Crippen molar-refractivity contribution in [2.45, 2.75) is 0 Å². The fourth-order valence-electron chi connectivity index (χ4n) is 2.63. The first-order chi connectivity index (χ1) is 13.6. The Labute approximate surface area is 162 Å². The molecule has 4 aromatic rings. The molecule has 8 heteroatoms. The van der Waals surface area contributed by atoms with Crippen LogP contribution in [-0.2, 0) is 0 Å². The van der Waals surface area contributed by atoms with Crippen LogP contribution in [0.2, 0.25) is 0 Å². The van der Waals surface area contributed by atoms with Crippen LogP contribution in [-0.4, -0.2) is 21.1 Å². The van der Waals surface area contributed by atoms with E-state index >= 15 is 0 Å². The average molecular weight is 392 g/mol. The van der Waals surface area contributed by atoms with E-state index < -0.39 is 5.91 Å². The molecule has 0 bridgehead atoms. The van der Waals surface area contributed by atoms with Gasteiger partial charge in [-0.3, -0.25) is 9.59 Å². The normalized spacial score (nSPS) is 10.6. The average Bonchev–Trinajstić information content (AvgIpc) is 3.19. The van der Waals surface area contributed by atoms with Gasteiger partial charge in [0.05, 0.1) is 11.4 Å². The highest BCUT2D eigenvalue weighted by atomic mass is 32.1. The Bertz CT molecular complexity index is 1200. The Kier molecular flexibility index (Phi) is 4.77. The number of thiazole rings is 1. The zero-order valence-electron chi connectivity index (χ0n) is 14.3. The standard InChI is InChI=1S/C20H13FN4O2S/c21-14-7-3-1-5-12(14)20-23-17(11-28-20)13-6-2-4-8-15(13)22-19(27)16-9-10-18(26)25-24-16/h1-11H,(H,22,27)(H,25,26). The number of rotatable bonds is 4. The van der Waals surface area contributed by atoms with E-state index in [9.17, 15) is 14.0 Å². The van der Waals surface area contributed by atoms with E-state index in [0.29, 0.717) is 27.5 Å². The maximum atomic E-state index is 14.0. The van der Waals surface area contributed by atoms with Gasteiger partial charge in [-0.15, -0.1) is 11.3 Å². The highest BCUT2D eigenvalue weighted by Crippen LogP contribution is 2.33. The lowest BCUT2D eigenvalue weighted by Gasteiger charge is -2.09. The van der Waals surface area contributed by atoms with Crippen LogP contribution in [0.25, 0.3) is 21.8 Å². The van der Waals surface area contributed by atoms with Crippen molar-refractivity contribution in [3.05, 3.63) is 87.9 Å². The van der Waals surface area contributed by atoms with Crippen molar-refractivity contribution in [1.82, 2.24) is 15.2 Å². The lowest BCUT2D eigenvalue weighted by Crippen LogP contribution is -2.17. The third-order valence-electron chi connectivity index (χ3n) is 3.97. The van der Waals surface area contributed by atoms with E-state index in [0.717, 1.165) is 0 Å². The first kappa shape index (κ1) is 17.7. The number of aromatic amines is 1. The van der Waals surface area contributed by atoms with Crippen molar-refractivity contribution in [1.29, 1.82) is 0 Å². The number of H-pyrrole nitrogens is 1. The molecule has 0 saturated heterocycles. The molecule has 28 heavy (non-hydrogen) atoms. The van der Waals surface area contributed by atoms with Crippen LogP contribution >= 0.6 is 11.3 Å². The number of anilines is 1. The topological polar surface area (TPSA) is 87.7 Å². The summed E-state index contributed by atoms with van der Waals surface area (Å²) in [5.74, 6) is -0.803. The molecule has 2 heterocycles. The SMILES string of the molecule is O=C(Nc1ccccc1-c1csc(-c2ccccc2F)n1)c1ccc(=O)[nH]n1. The number of benzene rings is 2. The van der Waals surface area contributed by atoms with Gasteiger partial charge in [0.15, 0.2) is 0 Å². The highest BCUT2D eigenvalue weighted by Gasteiger charge is 2.15. The minimum absolute atomic E-state index is 0.0831. The third-order valence-corrected chi connectivity index (χ3v) is 4.85. The maximum absolute atomic E-state index is 14.0. The van der Waals surface area contributed by atoms with Crippen LogP contribution in [0.4, 0.5) is 10.1 Å². The number of amides is 1. The van der Waals surface area contributed by atoms with Crippen molar-refractivity contribution in [3.8, 4) is 21.8 Å². The molecule has 0 radical (unpaired) electrons. The van der Waals surface area contributed by atoms with Gasteiger partial charge >= 0.3 is 0 Å². The number of carbonyl (C=O) groups is 1. The van der Waals surface area contributed by atoms with Gasteiger partial charge in [-0.25, -0.2) is 14.5 Å². The minimum atomic E-state index is -0.465. The van der Waals surface area contributed by atoms with Gasteiger partial charge in [0, 0.05) is 22.6 Å². The molecule has 2 N–H and O–H groups in total. The van der Waals surface area contributed by atoms with E-state index in [1.54, 1.807) is 30.3 Å². The molecule has 2 aromatic carbocycles. The molecular formula is C20H13FN4O2S. The summed E-state index contributed by atoms with van der Waals surface area (Å²) >= 11 is 1.32. The minimum Gasteiger partial charge on any atom is -0.320 e. The van der Waals surface area contributed by atoms with Crippen molar-refractivity contribution in [2.75, 3.05) is 5.32 Å². The van der Waals surface area contributed by atoms with Crippen LogP contribution in [0.3, 0.4) is 0 Å². The van der Waals surface area contributed by atoms with Gasteiger partial charge in [-0.2, -0.15) is 5.10 Å². The molecule has 0 unspecified atom stereocenters. The number of nitrogens with one attached hydrogen (secondary N) is 2. The Hall–Kier alpha value is -3.65. The molecule has 0 aliphatic carbocycles. The Balaban J connectivity index is 1.65. The Morgan fingerprint density at radius 3 is 2.50 bits per heavy atom. The molecule has 2 aromatic heterocycles. The van der Waals surface area contributed by atoms with Crippen LogP contribution in [0.5, 0.6) is 0 Å². The van der Waals surface area contributed by atoms with E-state index in [1.165, 1.54) is 29.5 Å². The van der Waals surface area contributed by atoms with Crippen LogP contribution in [0.15, 0.2) is 70.8 Å². The summed E-state index contributed by atoms with van der Waals surface area (Å²) in [5.41, 5.74) is 1.97. The van der Waals surface area contributed by atoms with E-state index in [-0.39, 0.29) is 17.1 Å². The molecule has 0 aliphatic rings. The van der Waals surface area contributed by atoms with Crippen LogP contribution in [0.1, 0.15) is 10.5 Å². The fraction of sp³-hybridized carbons (Fsp3) is 0. The van der Waals surface area contributed by atoms with Crippen molar-refractivity contribution in [3.63, 3.8) is 0 Å². The number of aromatic nitrogens is 3. The predicted octanol–water partition coefficient (Wildman–Crippen LogP) is 3.95. The van der Waals surface area contributed by atoms with Crippen molar-refractivity contribution in [2.24, 2.45) is 0 Å². The number of carbonyl (C=O) groups excluding carboxylic acids is 1. The van der Waals surface area contributed by atoms with Crippen LogP contribution in [0, 0.1) is 5.82 Å². The third kappa shape index (κ3) is 3.58. The molecule has 0 aliphatic heterocycles. The highest BCUT2D eigenvalue weighted by molar-refractivity contribution is 7.13. The van der Waals surface area contributed by atoms with Crippen LogP contribution < -0.4 is 10.9 Å². The summed E-state index contributed by atoms with van der Waals surface area (Å²) < 4.78 is 14.0. The lowest BCUT2D eigenvalue weighted by atomic mass is 10.1. The smallest absolute Gasteiger partial charge is 0.276 e. The largest absolute Gasteiger partial charge is 0.320 e. The molecule has 0 fully saturated rings. The predicted molar refractivity (Wildman–Crippen MR) is 106 cm³/mol. The second kappa shape index (κ2) is 7.53. The monoisotopic (exact) mass is 392 g/mol. The van der Waals surface area contributed by atoms with Gasteiger partial charge in [0.25, 0.3) is 11.5 Å². The summed E-state index contributed by atoms with van der Waals surface area (Å²) in [5, 5.41) is 11.1. The zero-order chi connectivity index (χ0) is 19.5. The van der Waals surface area contributed by atoms with Gasteiger partial charge in [0.2, 0.25) is 0 Å². The first-order valence-electron chi connectivity index (χ1n) is 8.29. The number of para-hydroxylation sites is 1. The summed E-state index contributed by atoms with van der Waals surface area (Å²) in [6.45, 7) is 0. The molecule has 0 saturated carbocycles. The van der Waals surface area contributed by atoms with Gasteiger partial charge in [-0.05, 0) is 24.3 Å². The van der Waals surface area contributed by atoms with Gasteiger partial charge in [-0.1, -0.05) is 30.3 Å². The Morgan fingerprint density at radius 1 is 1.00 bits per heavy atom. The summed E-state index contributed by atoms with van der Waals surface area (Å²) in [7, 11) is 0. The molecule has 6 nitrogen and oxygen atoms in total. The summed E-state index contributed by atoms with van der Waals surface area (Å²) in [6, 6.07) is 16.2. The lowest BCUT2D eigenvalue weighted by molar-refractivity contribution is 0.102. The Morgan fingerprint density at radius 2 is 1.75 bits per heavy atom. The maximum Gasteiger partial charge on any atom is 0.276 e. The summed E-state index contributed by atoms with van der Waals surface area (Å²) in [6.07, 6.45) is 0. The number of halogens is 1. The van der Waals surface area contributed by atoms with Gasteiger partial charge in [0.1, 0.15) is 16.5 Å². The van der Waals surface area contributed by atoms with E-state index in [2.05, 4.69) is 20.5 Å². The number of hydrogen-bond acceptors (Lipinski definition) is 5. The van der Waals surface area contributed by atoms with Crippen molar-refractivity contribution < 1.29 is 9.18 Å². The molecule has 1 amide bonds. The van der Waals surface area contributed by atoms with E-state index in [4.69, 9.17) is 0 Å². The van der Waals surface area contributed by atoms with Crippen molar-refractivity contribution >= 4 is 22.9 Å². The quantitative estimate of drug-likeness (QED) is 0.550. The fourth-order valence-corrected chi connectivity index (χ4v) is 3.48. The molecule has 0 spiro atoms. The summed E-state index contributed by atoms with van der Waals surface area (Å²) in [4.78, 5) is 28.0. The first-order valence-corrected chi connectivity index (χ1v) is 9.17. The number of nitrogens with zero attached hydrogens (tertiary/aromatic N) is 2. The molecular weight excluding hydrogens is 379 g/mol. The number of hydrogen-bond donors (Lipinski definition) is 2. The molecule has 138 valence electrons. The van der Waals surface area contributed by atoms with Gasteiger partial charge < -0.3 is 5.32 Å². The molecule has 4 rings (SSSR count).